The average molecular weight is 275 g/mol. The van der Waals surface area contributed by atoms with E-state index in [0.29, 0.717) is 6.04 Å². The highest BCUT2D eigenvalue weighted by atomic mass is 79.9. The van der Waals surface area contributed by atoms with Crippen molar-refractivity contribution in [2.24, 2.45) is 0 Å². The maximum absolute atomic E-state index is 5.43. The summed E-state index contributed by atoms with van der Waals surface area (Å²) in [5.41, 5.74) is 2.79. The van der Waals surface area contributed by atoms with E-state index in [9.17, 15) is 0 Å². The Morgan fingerprint density at radius 2 is 2.21 bits per heavy atom. The van der Waals surface area contributed by atoms with Crippen LogP contribution in [0.5, 0.6) is 0 Å². The van der Waals surface area contributed by atoms with Crippen molar-refractivity contribution < 1.29 is 0 Å². The number of halogens is 2. The molecule has 0 spiro atoms. The average Bonchev–Trinajstić information content (AvgIpc) is 2.18. The van der Waals surface area contributed by atoms with E-state index in [1.807, 2.05) is 24.3 Å². The normalized spacial score (nSPS) is 13.4. The summed E-state index contributed by atoms with van der Waals surface area (Å²) in [6.07, 6.45) is 1.88. The van der Waals surface area contributed by atoms with E-state index in [-0.39, 0.29) is 0 Å². The lowest BCUT2D eigenvalue weighted by Crippen LogP contribution is -2.18. The largest absolute Gasteiger partial charge is 0.307 e. The van der Waals surface area contributed by atoms with Gasteiger partial charge in [-0.05, 0) is 18.6 Å². The lowest BCUT2D eigenvalue weighted by Gasteiger charge is -2.14. The summed E-state index contributed by atoms with van der Waals surface area (Å²) in [5.74, 6) is 0. The van der Waals surface area contributed by atoms with E-state index < -0.39 is 0 Å². The van der Waals surface area contributed by atoms with Crippen molar-refractivity contribution in [1.82, 2.24) is 5.32 Å². The van der Waals surface area contributed by atoms with Gasteiger partial charge in [0, 0.05) is 22.6 Å². The fraction of sp³-hybridized carbons (Fsp3) is 0.273. The number of hydrogen-bond acceptors (Lipinski definition) is 1. The molecule has 0 aliphatic rings. The minimum Gasteiger partial charge on any atom is -0.307 e. The Labute approximate surface area is 98.3 Å². The minimum atomic E-state index is 0.318. The molecule has 0 aliphatic heterocycles. The molecule has 76 valence electrons. The van der Waals surface area contributed by atoms with Gasteiger partial charge in [0.1, 0.15) is 0 Å². The summed E-state index contributed by atoms with van der Waals surface area (Å²) in [4.78, 5) is 0. The van der Waals surface area contributed by atoms with E-state index in [2.05, 4.69) is 34.2 Å². The summed E-state index contributed by atoms with van der Waals surface area (Å²) in [6.45, 7) is 2.91. The zero-order valence-corrected chi connectivity index (χ0v) is 10.3. The van der Waals surface area contributed by atoms with Crippen LogP contribution < -0.4 is 5.32 Å². The smallest absolute Gasteiger partial charge is 0.0305 e. The molecule has 1 N–H and O–H groups in total. The second kappa shape index (κ2) is 6.23. The topological polar surface area (TPSA) is 12.0 Å². The monoisotopic (exact) mass is 273 g/mol. The van der Waals surface area contributed by atoms with E-state index >= 15 is 0 Å². The van der Waals surface area contributed by atoms with Crippen LogP contribution in [0.25, 0.3) is 0 Å². The predicted octanol–water partition coefficient (Wildman–Crippen LogP) is 3.85. The van der Waals surface area contributed by atoms with Gasteiger partial charge in [-0.25, -0.2) is 0 Å². The van der Waals surface area contributed by atoms with Gasteiger partial charge in [-0.3, -0.25) is 0 Å². The Kier molecular flexibility index (Phi) is 5.23. The number of rotatable bonds is 4. The first kappa shape index (κ1) is 11.8. The molecule has 0 saturated carbocycles. The molecule has 0 saturated heterocycles. The standard InChI is InChI=1S/C11H13BrClN/c1-9(14-8-4-7-13)10-5-2-3-6-11(10)12/h2-7,9,14H,8H2,1H3/b7-4+/t9-/m0/s1. The third-order valence-corrected chi connectivity index (χ3v) is 2.90. The molecule has 0 aliphatic carbocycles. The van der Waals surface area contributed by atoms with Crippen molar-refractivity contribution in [1.29, 1.82) is 0 Å². The molecule has 0 fully saturated rings. The van der Waals surface area contributed by atoms with Crippen LogP contribution in [0, 0.1) is 0 Å². The van der Waals surface area contributed by atoms with Gasteiger partial charge in [0.2, 0.25) is 0 Å². The fourth-order valence-corrected chi connectivity index (χ4v) is 1.94. The van der Waals surface area contributed by atoms with Crippen molar-refractivity contribution in [2.45, 2.75) is 13.0 Å². The van der Waals surface area contributed by atoms with E-state index in [4.69, 9.17) is 11.6 Å². The Morgan fingerprint density at radius 3 is 2.86 bits per heavy atom. The van der Waals surface area contributed by atoms with Crippen molar-refractivity contribution in [3.05, 3.63) is 45.9 Å². The van der Waals surface area contributed by atoms with Crippen LogP contribution in [0.2, 0.25) is 0 Å². The molecule has 0 heterocycles. The molecule has 0 unspecified atom stereocenters. The summed E-state index contributed by atoms with van der Waals surface area (Å²) in [5, 5.41) is 3.34. The molecule has 0 aromatic heterocycles. The first-order valence-corrected chi connectivity index (χ1v) is 5.71. The Bertz CT molecular complexity index is 312. The number of nitrogens with one attached hydrogen (secondary N) is 1. The molecular weight excluding hydrogens is 261 g/mol. The van der Waals surface area contributed by atoms with Crippen molar-refractivity contribution in [3.63, 3.8) is 0 Å². The van der Waals surface area contributed by atoms with E-state index in [0.717, 1.165) is 11.0 Å². The molecular formula is C11H13BrClN. The van der Waals surface area contributed by atoms with Crippen molar-refractivity contribution >= 4 is 27.5 Å². The summed E-state index contributed by atoms with van der Waals surface area (Å²) < 4.78 is 1.13. The minimum absolute atomic E-state index is 0.318. The summed E-state index contributed by atoms with van der Waals surface area (Å²) in [6, 6.07) is 8.52. The zero-order chi connectivity index (χ0) is 10.4. The highest BCUT2D eigenvalue weighted by molar-refractivity contribution is 9.10. The molecule has 0 amide bonds. The zero-order valence-electron chi connectivity index (χ0n) is 8.00. The molecule has 1 aromatic rings. The maximum Gasteiger partial charge on any atom is 0.0305 e. The van der Waals surface area contributed by atoms with Gasteiger partial charge in [-0.1, -0.05) is 51.8 Å². The van der Waals surface area contributed by atoms with Crippen molar-refractivity contribution in [2.75, 3.05) is 6.54 Å². The summed E-state index contributed by atoms with van der Waals surface area (Å²) >= 11 is 8.95. The molecule has 1 rings (SSSR count). The molecule has 1 aromatic carbocycles. The van der Waals surface area contributed by atoms with E-state index in [1.54, 1.807) is 0 Å². The van der Waals surface area contributed by atoms with Crippen LogP contribution >= 0.6 is 27.5 Å². The van der Waals surface area contributed by atoms with Gasteiger partial charge in [-0.2, -0.15) is 0 Å². The fourth-order valence-electron chi connectivity index (χ4n) is 1.23. The molecule has 0 radical (unpaired) electrons. The van der Waals surface area contributed by atoms with E-state index in [1.165, 1.54) is 11.1 Å². The molecule has 0 bridgehead atoms. The van der Waals surface area contributed by atoms with Gasteiger partial charge < -0.3 is 5.32 Å². The molecule has 1 atom stereocenters. The van der Waals surface area contributed by atoms with Crippen LogP contribution in [0.4, 0.5) is 0 Å². The predicted molar refractivity (Wildman–Crippen MR) is 65.6 cm³/mol. The van der Waals surface area contributed by atoms with Crippen molar-refractivity contribution in [3.8, 4) is 0 Å². The first-order chi connectivity index (χ1) is 6.75. The Hall–Kier alpha value is -0.310. The van der Waals surface area contributed by atoms with Crippen LogP contribution in [0.15, 0.2) is 40.3 Å². The molecule has 14 heavy (non-hydrogen) atoms. The SMILES string of the molecule is C[C@H](NC/C=C/Cl)c1ccccc1Br. The lowest BCUT2D eigenvalue weighted by atomic mass is 10.1. The quantitative estimate of drug-likeness (QED) is 0.879. The lowest BCUT2D eigenvalue weighted by molar-refractivity contribution is 0.615. The Balaban J connectivity index is 2.60. The Morgan fingerprint density at radius 1 is 1.50 bits per heavy atom. The number of benzene rings is 1. The van der Waals surface area contributed by atoms with Gasteiger partial charge >= 0.3 is 0 Å². The maximum atomic E-state index is 5.43. The van der Waals surface area contributed by atoms with Crippen LogP contribution in [0.1, 0.15) is 18.5 Å². The first-order valence-electron chi connectivity index (χ1n) is 4.48. The molecule has 3 heteroatoms. The third kappa shape index (κ3) is 3.45. The van der Waals surface area contributed by atoms with Gasteiger partial charge in [0.25, 0.3) is 0 Å². The molecule has 1 nitrogen and oxygen atoms in total. The second-order valence-corrected chi connectivity index (χ2v) is 4.12. The van der Waals surface area contributed by atoms with Gasteiger partial charge in [0.05, 0.1) is 0 Å². The highest BCUT2D eigenvalue weighted by Gasteiger charge is 2.06. The van der Waals surface area contributed by atoms with Crippen LogP contribution in [-0.2, 0) is 0 Å². The summed E-state index contributed by atoms with van der Waals surface area (Å²) in [7, 11) is 0. The number of hydrogen-bond donors (Lipinski definition) is 1. The van der Waals surface area contributed by atoms with Gasteiger partial charge in [0.15, 0.2) is 0 Å². The van der Waals surface area contributed by atoms with Crippen LogP contribution in [0.3, 0.4) is 0 Å². The highest BCUT2D eigenvalue weighted by Crippen LogP contribution is 2.22. The van der Waals surface area contributed by atoms with Crippen LogP contribution in [-0.4, -0.2) is 6.54 Å². The third-order valence-electron chi connectivity index (χ3n) is 2.00. The second-order valence-electron chi connectivity index (χ2n) is 3.01. The van der Waals surface area contributed by atoms with Gasteiger partial charge in [-0.15, -0.1) is 0 Å².